The van der Waals surface area contributed by atoms with Crippen LogP contribution in [0.15, 0.2) is 24.3 Å². The average Bonchev–Trinajstić information content (AvgIpc) is 2.22. The quantitative estimate of drug-likeness (QED) is 0.766. The predicted molar refractivity (Wildman–Crippen MR) is 73.6 cm³/mol. The summed E-state index contributed by atoms with van der Waals surface area (Å²) >= 11 is 0. The first-order chi connectivity index (χ1) is 8.04. The second-order valence-corrected chi connectivity index (χ2v) is 4.65. The van der Waals surface area contributed by atoms with E-state index in [-0.39, 0.29) is 0 Å². The van der Waals surface area contributed by atoms with Gasteiger partial charge in [-0.1, -0.05) is 17.7 Å². The summed E-state index contributed by atoms with van der Waals surface area (Å²) in [4.78, 5) is 0. The normalized spacial score (nSPS) is 10.4. The van der Waals surface area contributed by atoms with E-state index in [0.29, 0.717) is 13.2 Å². The highest BCUT2D eigenvalue weighted by Gasteiger charge is 2.06. The predicted octanol–water partition coefficient (Wildman–Crippen LogP) is 3.15. The molecule has 0 aliphatic carbocycles. The van der Waals surface area contributed by atoms with E-state index in [9.17, 15) is 0 Å². The highest BCUT2D eigenvalue weighted by molar-refractivity contribution is 5.43. The minimum absolute atomic E-state index is 0.689. The summed E-state index contributed by atoms with van der Waals surface area (Å²) in [6.45, 7) is 11.5. The number of benzene rings is 1. The van der Waals surface area contributed by atoms with Crippen LogP contribution in [0.1, 0.15) is 30.0 Å². The first-order valence-electron chi connectivity index (χ1n) is 6.12. The van der Waals surface area contributed by atoms with Gasteiger partial charge in [0.15, 0.2) is 0 Å². The van der Waals surface area contributed by atoms with Crippen molar-refractivity contribution in [3.63, 3.8) is 0 Å². The van der Waals surface area contributed by atoms with Crippen molar-refractivity contribution in [2.24, 2.45) is 5.73 Å². The van der Waals surface area contributed by atoms with Gasteiger partial charge >= 0.3 is 0 Å². The highest BCUT2D eigenvalue weighted by Crippen LogP contribution is 2.25. The van der Waals surface area contributed by atoms with Crippen LogP contribution >= 0.6 is 0 Å². The SMILES string of the molecule is C=C(C)CCOc1c(C)cc(CCN)cc1C. The second kappa shape index (κ2) is 6.45. The Morgan fingerprint density at radius 3 is 2.35 bits per heavy atom. The lowest BCUT2D eigenvalue weighted by atomic mass is 10.0. The summed E-state index contributed by atoms with van der Waals surface area (Å²) in [7, 11) is 0. The summed E-state index contributed by atoms with van der Waals surface area (Å²) in [6, 6.07) is 4.33. The van der Waals surface area contributed by atoms with Gasteiger partial charge in [0.05, 0.1) is 6.61 Å². The van der Waals surface area contributed by atoms with Crippen molar-refractivity contribution in [3.05, 3.63) is 41.0 Å². The molecule has 0 radical (unpaired) electrons. The van der Waals surface area contributed by atoms with Crippen molar-refractivity contribution in [3.8, 4) is 5.75 Å². The molecule has 0 aliphatic rings. The van der Waals surface area contributed by atoms with Gasteiger partial charge in [-0.25, -0.2) is 0 Å². The number of ether oxygens (including phenoxy) is 1. The van der Waals surface area contributed by atoms with Crippen LogP contribution in [0.25, 0.3) is 0 Å². The molecule has 17 heavy (non-hydrogen) atoms. The Hall–Kier alpha value is -1.28. The largest absolute Gasteiger partial charge is 0.493 e. The van der Waals surface area contributed by atoms with E-state index in [1.54, 1.807) is 0 Å². The van der Waals surface area contributed by atoms with Crippen LogP contribution in [0.4, 0.5) is 0 Å². The third-order valence-electron chi connectivity index (χ3n) is 2.73. The molecule has 0 unspecified atom stereocenters. The van der Waals surface area contributed by atoms with Gasteiger partial charge in [-0.2, -0.15) is 0 Å². The highest BCUT2D eigenvalue weighted by atomic mass is 16.5. The molecule has 0 bridgehead atoms. The molecule has 2 heteroatoms. The van der Waals surface area contributed by atoms with Crippen molar-refractivity contribution < 1.29 is 4.74 Å². The summed E-state index contributed by atoms with van der Waals surface area (Å²) in [5.41, 5.74) is 10.4. The Morgan fingerprint density at radius 1 is 1.29 bits per heavy atom. The zero-order chi connectivity index (χ0) is 12.8. The Kier molecular flexibility index (Phi) is 5.23. The first-order valence-corrected chi connectivity index (χ1v) is 6.12. The molecule has 0 amide bonds. The van der Waals surface area contributed by atoms with E-state index >= 15 is 0 Å². The number of aryl methyl sites for hydroxylation is 2. The molecular weight excluding hydrogens is 210 g/mol. The second-order valence-electron chi connectivity index (χ2n) is 4.65. The lowest BCUT2D eigenvalue weighted by Crippen LogP contribution is -2.05. The molecule has 1 aromatic rings. The van der Waals surface area contributed by atoms with Crippen molar-refractivity contribution in [1.82, 2.24) is 0 Å². The number of nitrogens with two attached hydrogens (primary N) is 1. The lowest BCUT2D eigenvalue weighted by molar-refractivity contribution is 0.317. The third kappa shape index (κ3) is 4.23. The van der Waals surface area contributed by atoms with Crippen molar-refractivity contribution in [2.45, 2.75) is 33.6 Å². The van der Waals surface area contributed by atoms with Gasteiger partial charge in [0, 0.05) is 6.42 Å². The smallest absolute Gasteiger partial charge is 0.125 e. The van der Waals surface area contributed by atoms with Crippen LogP contribution in [0.3, 0.4) is 0 Å². The molecule has 0 saturated heterocycles. The number of hydrogen-bond donors (Lipinski definition) is 1. The Bertz CT molecular complexity index is 373. The van der Waals surface area contributed by atoms with Crippen LogP contribution in [0, 0.1) is 13.8 Å². The molecule has 2 nitrogen and oxygen atoms in total. The maximum atomic E-state index is 5.82. The maximum Gasteiger partial charge on any atom is 0.125 e. The van der Waals surface area contributed by atoms with E-state index in [4.69, 9.17) is 10.5 Å². The Labute approximate surface area is 104 Å². The molecule has 1 aromatic carbocycles. The molecule has 0 fully saturated rings. The summed E-state index contributed by atoms with van der Waals surface area (Å²) in [5.74, 6) is 1.01. The first kappa shape index (κ1) is 13.8. The van der Waals surface area contributed by atoms with Gasteiger partial charge in [-0.05, 0) is 50.4 Å². The summed E-state index contributed by atoms with van der Waals surface area (Å²) in [5, 5.41) is 0. The van der Waals surface area contributed by atoms with Gasteiger partial charge in [0.25, 0.3) is 0 Å². The molecular formula is C15H23NO. The van der Waals surface area contributed by atoms with Gasteiger partial charge in [0.1, 0.15) is 5.75 Å². The van der Waals surface area contributed by atoms with E-state index in [0.717, 1.165) is 24.2 Å². The maximum absolute atomic E-state index is 5.82. The minimum atomic E-state index is 0.689. The zero-order valence-electron chi connectivity index (χ0n) is 11.2. The Morgan fingerprint density at radius 2 is 1.88 bits per heavy atom. The number of rotatable bonds is 6. The fourth-order valence-electron chi connectivity index (χ4n) is 1.91. The van der Waals surface area contributed by atoms with Gasteiger partial charge < -0.3 is 10.5 Å². The van der Waals surface area contributed by atoms with E-state index in [1.165, 1.54) is 16.7 Å². The Balaban J connectivity index is 2.75. The van der Waals surface area contributed by atoms with Gasteiger partial charge in [-0.15, -0.1) is 6.58 Å². The van der Waals surface area contributed by atoms with Crippen LogP contribution in [0.2, 0.25) is 0 Å². The fourth-order valence-corrected chi connectivity index (χ4v) is 1.91. The molecule has 0 atom stereocenters. The third-order valence-corrected chi connectivity index (χ3v) is 2.73. The number of hydrogen-bond acceptors (Lipinski definition) is 2. The zero-order valence-corrected chi connectivity index (χ0v) is 11.2. The molecule has 0 aliphatic heterocycles. The summed E-state index contributed by atoms with van der Waals surface area (Å²) in [6.07, 6.45) is 1.83. The molecule has 0 saturated carbocycles. The molecule has 1 rings (SSSR count). The molecule has 2 N–H and O–H groups in total. The van der Waals surface area contributed by atoms with E-state index in [2.05, 4.69) is 32.6 Å². The molecule has 0 aromatic heterocycles. The monoisotopic (exact) mass is 233 g/mol. The van der Waals surface area contributed by atoms with Crippen LogP contribution in [0.5, 0.6) is 5.75 Å². The topological polar surface area (TPSA) is 35.2 Å². The van der Waals surface area contributed by atoms with Crippen molar-refractivity contribution in [1.29, 1.82) is 0 Å². The standard InChI is InChI=1S/C15H23NO/c1-11(2)6-8-17-15-12(3)9-14(5-7-16)10-13(15)4/h9-10H,1,5-8,16H2,2-4H3. The van der Waals surface area contributed by atoms with E-state index in [1.807, 2.05) is 6.92 Å². The fraction of sp³-hybridized carbons (Fsp3) is 0.467. The van der Waals surface area contributed by atoms with Crippen LogP contribution in [-0.2, 0) is 6.42 Å². The average molecular weight is 233 g/mol. The van der Waals surface area contributed by atoms with Gasteiger partial charge in [0.2, 0.25) is 0 Å². The van der Waals surface area contributed by atoms with E-state index < -0.39 is 0 Å². The minimum Gasteiger partial charge on any atom is -0.493 e. The summed E-state index contributed by atoms with van der Waals surface area (Å²) < 4.78 is 5.82. The van der Waals surface area contributed by atoms with Crippen LogP contribution in [-0.4, -0.2) is 13.2 Å². The molecule has 0 spiro atoms. The van der Waals surface area contributed by atoms with Crippen molar-refractivity contribution in [2.75, 3.05) is 13.2 Å². The molecule has 0 heterocycles. The van der Waals surface area contributed by atoms with Gasteiger partial charge in [-0.3, -0.25) is 0 Å². The van der Waals surface area contributed by atoms with Crippen LogP contribution < -0.4 is 10.5 Å². The van der Waals surface area contributed by atoms with Crippen molar-refractivity contribution >= 4 is 0 Å². The lowest BCUT2D eigenvalue weighted by Gasteiger charge is -2.14. The molecule has 94 valence electrons.